The van der Waals surface area contributed by atoms with Crippen LogP contribution >= 0.6 is 23.2 Å². The number of hydrogen-bond acceptors (Lipinski definition) is 4. The first-order chi connectivity index (χ1) is 14.1. The fourth-order valence-corrected chi connectivity index (χ4v) is 3.82. The van der Waals surface area contributed by atoms with E-state index in [4.69, 9.17) is 27.9 Å². The molecule has 0 amide bonds. The average Bonchev–Trinajstić information content (AvgIpc) is 2.76. The molecule has 1 aliphatic rings. The molecule has 2 aromatic carbocycles. The van der Waals surface area contributed by atoms with E-state index in [0.717, 1.165) is 48.7 Å². The molecule has 0 bridgehead atoms. The summed E-state index contributed by atoms with van der Waals surface area (Å²) >= 11 is 12.3. The van der Waals surface area contributed by atoms with Crippen LogP contribution in [-0.2, 0) is 4.74 Å². The molecular weight excluding hydrogens is 405 g/mol. The predicted molar refractivity (Wildman–Crippen MR) is 118 cm³/mol. The van der Waals surface area contributed by atoms with E-state index in [9.17, 15) is 5.26 Å². The highest BCUT2D eigenvalue weighted by Crippen LogP contribution is 2.34. The second kappa shape index (κ2) is 8.42. The predicted octanol–water partition coefficient (Wildman–Crippen LogP) is 5.74. The van der Waals surface area contributed by atoms with Crippen molar-refractivity contribution in [2.75, 3.05) is 31.2 Å². The number of anilines is 1. The molecule has 1 fully saturated rings. The van der Waals surface area contributed by atoms with Gasteiger partial charge in [-0.05, 0) is 42.8 Å². The molecule has 1 aromatic heterocycles. The van der Waals surface area contributed by atoms with Crippen molar-refractivity contribution in [1.82, 2.24) is 4.98 Å². The Morgan fingerprint density at radius 3 is 2.31 bits per heavy atom. The minimum absolute atomic E-state index is 0.457. The molecule has 0 N–H and O–H groups in total. The molecule has 0 atom stereocenters. The van der Waals surface area contributed by atoms with Gasteiger partial charge in [0.2, 0.25) is 0 Å². The van der Waals surface area contributed by atoms with E-state index < -0.39 is 0 Å². The number of aryl methyl sites for hydroxylation is 1. The number of hydrogen-bond donors (Lipinski definition) is 0. The summed E-state index contributed by atoms with van der Waals surface area (Å²) in [4.78, 5) is 6.98. The molecule has 0 aliphatic carbocycles. The molecule has 3 aromatic rings. The summed E-state index contributed by atoms with van der Waals surface area (Å²) in [5.74, 6) is 0. The maximum atomic E-state index is 9.66. The van der Waals surface area contributed by atoms with Gasteiger partial charge >= 0.3 is 0 Å². The maximum Gasteiger partial charge on any atom is 0.102 e. The van der Waals surface area contributed by atoms with E-state index in [0.29, 0.717) is 21.3 Å². The normalized spacial score (nSPS) is 13.9. The first kappa shape index (κ1) is 19.7. The Balaban J connectivity index is 1.74. The van der Waals surface area contributed by atoms with Crippen molar-refractivity contribution < 1.29 is 4.74 Å². The van der Waals surface area contributed by atoms with Crippen LogP contribution in [0, 0.1) is 18.3 Å². The summed E-state index contributed by atoms with van der Waals surface area (Å²) < 4.78 is 5.42. The first-order valence-corrected chi connectivity index (χ1v) is 10.1. The molecule has 4 rings (SSSR count). The summed E-state index contributed by atoms with van der Waals surface area (Å²) in [5.41, 5.74) is 5.85. The largest absolute Gasteiger partial charge is 0.378 e. The first-order valence-electron chi connectivity index (χ1n) is 9.37. The van der Waals surface area contributed by atoms with Gasteiger partial charge in [-0.3, -0.25) is 4.98 Å². The number of rotatable bonds is 3. The topological polar surface area (TPSA) is 49.2 Å². The zero-order valence-electron chi connectivity index (χ0n) is 16.0. The quantitative estimate of drug-likeness (QED) is 0.538. The van der Waals surface area contributed by atoms with Crippen LogP contribution in [0.5, 0.6) is 0 Å². The number of ether oxygens (including phenoxy) is 1. The smallest absolute Gasteiger partial charge is 0.102 e. The second-order valence-electron chi connectivity index (χ2n) is 6.90. The lowest BCUT2D eigenvalue weighted by molar-refractivity contribution is 0.122. The van der Waals surface area contributed by atoms with Crippen LogP contribution in [-0.4, -0.2) is 31.3 Å². The van der Waals surface area contributed by atoms with Gasteiger partial charge in [-0.25, -0.2) is 0 Å². The maximum absolute atomic E-state index is 9.66. The van der Waals surface area contributed by atoms with Crippen LogP contribution in [0.1, 0.15) is 11.3 Å². The Labute approximate surface area is 180 Å². The molecule has 1 saturated heterocycles. The van der Waals surface area contributed by atoms with Crippen molar-refractivity contribution >= 4 is 28.9 Å². The summed E-state index contributed by atoms with van der Waals surface area (Å²) in [6.45, 7) is 5.16. The van der Waals surface area contributed by atoms with Crippen LogP contribution in [0.2, 0.25) is 10.0 Å². The third-order valence-electron chi connectivity index (χ3n) is 5.08. The fraction of sp³-hybridized carbons (Fsp3) is 0.217. The lowest BCUT2D eigenvalue weighted by atomic mass is 9.97. The van der Waals surface area contributed by atoms with Gasteiger partial charge in [0.05, 0.1) is 40.2 Å². The Morgan fingerprint density at radius 1 is 0.966 bits per heavy atom. The van der Waals surface area contributed by atoms with E-state index in [2.05, 4.69) is 40.2 Å². The van der Waals surface area contributed by atoms with Gasteiger partial charge in [0, 0.05) is 29.9 Å². The summed E-state index contributed by atoms with van der Waals surface area (Å²) in [5, 5.41) is 10.6. The number of halogens is 2. The van der Waals surface area contributed by atoms with Crippen molar-refractivity contribution in [2.45, 2.75) is 6.92 Å². The van der Waals surface area contributed by atoms with Gasteiger partial charge in [0.1, 0.15) is 6.07 Å². The van der Waals surface area contributed by atoms with Gasteiger partial charge in [0.25, 0.3) is 0 Å². The summed E-state index contributed by atoms with van der Waals surface area (Å²) in [6, 6.07) is 18.0. The van der Waals surface area contributed by atoms with Crippen molar-refractivity contribution in [3.63, 3.8) is 0 Å². The van der Waals surface area contributed by atoms with Gasteiger partial charge in [-0.15, -0.1) is 0 Å². The highest BCUT2D eigenvalue weighted by Gasteiger charge is 2.15. The van der Waals surface area contributed by atoms with Crippen molar-refractivity contribution in [2.24, 2.45) is 0 Å². The number of aromatic nitrogens is 1. The molecule has 2 heterocycles. The van der Waals surface area contributed by atoms with E-state index in [1.54, 1.807) is 12.1 Å². The van der Waals surface area contributed by atoms with Gasteiger partial charge in [0.15, 0.2) is 0 Å². The fourth-order valence-electron chi connectivity index (χ4n) is 3.52. The van der Waals surface area contributed by atoms with Crippen LogP contribution in [0.15, 0.2) is 48.5 Å². The lowest BCUT2D eigenvalue weighted by Gasteiger charge is -2.28. The second-order valence-corrected chi connectivity index (χ2v) is 7.72. The Morgan fingerprint density at radius 2 is 1.66 bits per heavy atom. The van der Waals surface area contributed by atoms with Gasteiger partial charge < -0.3 is 9.64 Å². The SMILES string of the molecule is Cc1nc(-c2ccc(N3CCOCC3)cc2)cc(-c2ccc(Cl)c(Cl)c2)c1C#N. The number of pyridine rings is 1. The average molecular weight is 424 g/mol. The number of morpholine rings is 1. The van der Waals surface area contributed by atoms with E-state index in [1.807, 2.05) is 19.1 Å². The number of nitriles is 1. The van der Waals surface area contributed by atoms with Crippen molar-refractivity contribution in [3.8, 4) is 28.5 Å². The Hall–Kier alpha value is -2.58. The monoisotopic (exact) mass is 423 g/mol. The molecule has 29 heavy (non-hydrogen) atoms. The zero-order chi connectivity index (χ0) is 20.4. The molecule has 0 spiro atoms. The van der Waals surface area contributed by atoms with E-state index >= 15 is 0 Å². The van der Waals surface area contributed by atoms with Crippen molar-refractivity contribution in [1.29, 1.82) is 5.26 Å². The summed E-state index contributed by atoms with van der Waals surface area (Å²) in [7, 11) is 0. The number of nitrogens with zero attached hydrogens (tertiary/aromatic N) is 3. The zero-order valence-corrected chi connectivity index (χ0v) is 17.5. The third kappa shape index (κ3) is 4.09. The van der Waals surface area contributed by atoms with E-state index in [-0.39, 0.29) is 0 Å². The molecular formula is C23H19Cl2N3O. The lowest BCUT2D eigenvalue weighted by Crippen LogP contribution is -2.36. The molecule has 0 saturated carbocycles. The minimum atomic E-state index is 0.457. The van der Waals surface area contributed by atoms with Crippen molar-refractivity contribution in [3.05, 3.63) is 69.8 Å². The number of benzene rings is 2. The Kier molecular flexibility index (Phi) is 5.73. The molecule has 1 aliphatic heterocycles. The highest BCUT2D eigenvalue weighted by molar-refractivity contribution is 6.42. The van der Waals surface area contributed by atoms with E-state index in [1.165, 1.54) is 5.69 Å². The molecule has 6 heteroatoms. The Bertz CT molecular complexity index is 1080. The molecule has 146 valence electrons. The molecule has 4 nitrogen and oxygen atoms in total. The summed E-state index contributed by atoms with van der Waals surface area (Å²) in [6.07, 6.45) is 0. The third-order valence-corrected chi connectivity index (χ3v) is 5.82. The van der Waals surface area contributed by atoms with Gasteiger partial charge in [-0.1, -0.05) is 41.4 Å². The minimum Gasteiger partial charge on any atom is -0.378 e. The molecule has 0 unspecified atom stereocenters. The highest BCUT2D eigenvalue weighted by atomic mass is 35.5. The molecule has 0 radical (unpaired) electrons. The van der Waals surface area contributed by atoms with Crippen LogP contribution in [0.25, 0.3) is 22.4 Å². The van der Waals surface area contributed by atoms with Crippen LogP contribution in [0.3, 0.4) is 0 Å². The van der Waals surface area contributed by atoms with Gasteiger partial charge in [-0.2, -0.15) is 5.26 Å². The standard InChI is InChI=1S/C23H19Cl2N3O/c1-15-20(14-26)19(17-4-7-21(24)22(25)12-17)13-23(27-15)16-2-5-18(6-3-16)28-8-10-29-11-9-28/h2-7,12-13H,8-11H2,1H3. The van der Waals surface area contributed by atoms with Crippen LogP contribution in [0.4, 0.5) is 5.69 Å². The van der Waals surface area contributed by atoms with Crippen LogP contribution < -0.4 is 4.90 Å².